The Labute approximate surface area is 147 Å². The van der Waals surface area contributed by atoms with Crippen LogP contribution < -0.4 is 5.32 Å². The number of carbonyl (C=O) groups is 2. The van der Waals surface area contributed by atoms with E-state index in [1.165, 1.54) is 12.1 Å². The van der Waals surface area contributed by atoms with Crippen molar-refractivity contribution in [3.05, 3.63) is 65.2 Å². The standard InChI is InChI=1S/C20H23NO4/c1-3-7-17(15-8-5-4-6-9-15)21-19(23)13-25-20(24)16-12-14(2)10-11-18(16)22/h4-6,8-12,17,22H,3,7,13H2,1-2H3,(H,21,23)/t17-/m0/s1. The Morgan fingerprint density at radius 3 is 2.56 bits per heavy atom. The first-order valence-corrected chi connectivity index (χ1v) is 8.32. The molecule has 2 rings (SSSR count). The third-order valence-corrected chi connectivity index (χ3v) is 3.82. The molecule has 2 aromatic carbocycles. The molecule has 0 aliphatic carbocycles. The minimum atomic E-state index is -0.719. The predicted octanol–water partition coefficient (Wildman–Crippen LogP) is 3.52. The van der Waals surface area contributed by atoms with E-state index in [4.69, 9.17) is 4.74 Å². The van der Waals surface area contributed by atoms with Gasteiger partial charge in [-0.15, -0.1) is 0 Å². The van der Waals surface area contributed by atoms with Gasteiger partial charge in [-0.05, 0) is 31.0 Å². The molecule has 0 fully saturated rings. The largest absolute Gasteiger partial charge is 0.507 e. The Morgan fingerprint density at radius 1 is 1.16 bits per heavy atom. The molecule has 1 amide bonds. The Morgan fingerprint density at radius 2 is 1.88 bits per heavy atom. The van der Waals surface area contributed by atoms with Gasteiger partial charge in [-0.25, -0.2) is 4.79 Å². The number of carbonyl (C=O) groups excluding carboxylic acids is 2. The van der Waals surface area contributed by atoms with Crippen LogP contribution in [0.1, 0.15) is 47.3 Å². The summed E-state index contributed by atoms with van der Waals surface area (Å²) in [5, 5.41) is 12.6. The second kappa shape index (κ2) is 8.87. The van der Waals surface area contributed by atoms with Crippen LogP contribution in [0.5, 0.6) is 5.75 Å². The van der Waals surface area contributed by atoms with Gasteiger partial charge in [-0.2, -0.15) is 0 Å². The van der Waals surface area contributed by atoms with Crippen molar-refractivity contribution in [1.82, 2.24) is 5.32 Å². The lowest BCUT2D eigenvalue weighted by molar-refractivity contribution is -0.125. The van der Waals surface area contributed by atoms with E-state index in [2.05, 4.69) is 5.32 Å². The summed E-state index contributed by atoms with van der Waals surface area (Å²) < 4.78 is 5.03. The first-order chi connectivity index (χ1) is 12.0. The van der Waals surface area contributed by atoms with Crippen LogP contribution in [0.25, 0.3) is 0 Å². The zero-order valence-corrected chi connectivity index (χ0v) is 14.5. The number of aryl methyl sites for hydroxylation is 1. The molecule has 1 atom stereocenters. The maximum atomic E-state index is 12.1. The molecule has 0 aliphatic rings. The number of aromatic hydroxyl groups is 1. The summed E-state index contributed by atoms with van der Waals surface area (Å²) in [4.78, 5) is 24.2. The first kappa shape index (κ1) is 18.5. The number of hydrogen-bond donors (Lipinski definition) is 2. The zero-order valence-electron chi connectivity index (χ0n) is 14.5. The lowest BCUT2D eigenvalue weighted by atomic mass is 10.0. The number of esters is 1. The van der Waals surface area contributed by atoms with Crippen LogP contribution in [0.3, 0.4) is 0 Å². The molecule has 0 heterocycles. The van der Waals surface area contributed by atoms with Crippen molar-refractivity contribution in [2.45, 2.75) is 32.7 Å². The maximum absolute atomic E-state index is 12.1. The molecule has 0 aliphatic heterocycles. The van der Waals surface area contributed by atoms with E-state index in [1.807, 2.05) is 37.3 Å². The maximum Gasteiger partial charge on any atom is 0.342 e. The van der Waals surface area contributed by atoms with Crippen molar-refractivity contribution < 1.29 is 19.4 Å². The van der Waals surface area contributed by atoms with Crippen molar-refractivity contribution in [1.29, 1.82) is 0 Å². The van der Waals surface area contributed by atoms with E-state index in [9.17, 15) is 14.7 Å². The predicted molar refractivity (Wildman–Crippen MR) is 95.4 cm³/mol. The molecule has 2 aromatic rings. The Hall–Kier alpha value is -2.82. The summed E-state index contributed by atoms with van der Waals surface area (Å²) >= 11 is 0. The molecule has 0 radical (unpaired) electrons. The van der Waals surface area contributed by atoms with Crippen LogP contribution in [0, 0.1) is 6.92 Å². The fraction of sp³-hybridized carbons (Fsp3) is 0.300. The lowest BCUT2D eigenvalue weighted by Gasteiger charge is -2.18. The zero-order chi connectivity index (χ0) is 18.2. The summed E-state index contributed by atoms with van der Waals surface area (Å²) in [6.07, 6.45) is 1.71. The number of amides is 1. The molecule has 0 aromatic heterocycles. The average Bonchev–Trinajstić information content (AvgIpc) is 2.62. The summed E-state index contributed by atoms with van der Waals surface area (Å²) in [7, 11) is 0. The molecule has 0 unspecified atom stereocenters. The number of nitrogens with one attached hydrogen (secondary N) is 1. The molecule has 5 nitrogen and oxygen atoms in total. The fourth-order valence-electron chi connectivity index (χ4n) is 2.55. The van der Waals surface area contributed by atoms with Crippen molar-refractivity contribution >= 4 is 11.9 Å². The minimum Gasteiger partial charge on any atom is -0.507 e. The first-order valence-electron chi connectivity index (χ1n) is 8.32. The number of hydrogen-bond acceptors (Lipinski definition) is 4. The van der Waals surface area contributed by atoms with Crippen LogP contribution in [0.2, 0.25) is 0 Å². The number of benzene rings is 2. The number of rotatable bonds is 7. The average molecular weight is 341 g/mol. The molecule has 2 N–H and O–H groups in total. The topological polar surface area (TPSA) is 75.6 Å². The number of phenolic OH excluding ortho intramolecular Hbond substituents is 1. The normalized spacial score (nSPS) is 11.6. The Balaban J connectivity index is 1.94. The van der Waals surface area contributed by atoms with E-state index >= 15 is 0 Å². The highest BCUT2D eigenvalue weighted by Crippen LogP contribution is 2.20. The highest BCUT2D eigenvalue weighted by molar-refractivity contribution is 5.94. The van der Waals surface area contributed by atoms with Gasteiger partial charge < -0.3 is 15.2 Å². The van der Waals surface area contributed by atoms with E-state index < -0.39 is 5.97 Å². The molecule has 25 heavy (non-hydrogen) atoms. The molecule has 5 heteroatoms. The van der Waals surface area contributed by atoms with Gasteiger partial charge in [0.25, 0.3) is 5.91 Å². The van der Waals surface area contributed by atoms with E-state index in [-0.39, 0.29) is 29.9 Å². The quantitative estimate of drug-likeness (QED) is 0.756. The summed E-state index contributed by atoms with van der Waals surface area (Å²) in [6.45, 7) is 3.46. The van der Waals surface area contributed by atoms with Crippen LogP contribution in [-0.4, -0.2) is 23.6 Å². The van der Waals surface area contributed by atoms with Gasteiger partial charge >= 0.3 is 5.97 Å². The summed E-state index contributed by atoms with van der Waals surface area (Å²) in [5.74, 6) is -1.25. The highest BCUT2D eigenvalue weighted by Gasteiger charge is 2.17. The number of phenols is 1. The second-order valence-electron chi connectivity index (χ2n) is 5.92. The molecular weight excluding hydrogens is 318 g/mol. The monoisotopic (exact) mass is 341 g/mol. The molecule has 0 bridgehead atoms. The SMILES string of the molecule is CCC[C@H](NC(=O)COC(=O)c1cc(C)ccc1O)c1ccccc1. The van der Waals surface area contributed by atoms with E-state index in [0.717, 1.165) is 24.0 Å². The van der Waals surface area contributed by atoms with Crippen molar-refractivity contribution in [3.8, 4) is 5.75 Å². The van der Waals surface area contributed by atoms with Crippen LogP contribution in [-0.2, 0) is 9.53 Å². The van der Waals surface area contributed by atoms with Gasteiger partial charge in [-0.1, -0.05) is 55.3 Å². The van der Waals surface area contributed by atoms with Crippen LogP contribution in [0.4, 0.5) is 0 Å². The van der Waals surface area contributed by atoms with Crippen molar-refractivity contribution in [2.24, 2.45) is 0 Å². The van der Waals surface area contributed by atoms with Crippen molar-refractivity contribution in [3.63, 3.8) is 0 Å². The van der Waals surface area contributed by atoms with Crippen LogP contribution >= 0.6 is 0 Å². The molecular formula is C20H23NO4. The van der Waals surface area contributed by atoms with E-state index in [0.29, 0.717) is 0 Å². The lowest BCUT2D eigenvalue weighted by Crippen LogP contribution is -2.32. The van der Waals surface area contributed by atoms with Gasteiger partial charge in [0.1, 0.15) is 11.3 Å². The smallest absolute Gasteiger partial charge is 0.342 e. The van der Waals surface area contributed by atoms with Gasteiger partial charge in [0, 0.05) is 0 Å². The third kappa shape index (κ3) is 5.35. The molecule has 132 valence electrons. The molecule has 0 saturated heterocycles. The Bertz CT molecular complexity index is 728. The summed E-state index contributed by atoms with van der Waals surface area (Å²) in [6, 6.07) is 14.2. The van der Waals surface area contributed by atoms with Gasteiger partial charge in [0.15, 0.2) is 6.61 Å². The van der Waals surface area contributed by atoms with Crippen molar-refractivity contribution in [2.75, 3.05) is 6.61 Å². The van der Waals surface area contributed by atoms with Gasteiger partial charge in [-0.3, -0.25) is 4.79 Å². The van der Waals surface area contributed by atoms with E-state index in [1.54, 1.807) is 13.0 Å². The van der Waals surface area contributed by atoms with Gasteiger partial charge in [0.2, 0.25) is 0 Å². The highest BCUT2D eigenvalue weighted by atomic mass is 16.5. The Kier molecular flexibility index (Phi) is 6.57. The fourth-order valence-corrected chi connectivity index (χ4v) is 2.55. The molecule has 0 spiro atoms. The van der Waals surface area contributed by atoms with Gasteiger partial charge in [0.05, 0.1) is 6.04 Å². The third-order valence-electron chi connectivity index (χ3n) is 3.82. The number of ether oxygens (including phenoxy) is 1. The minimum absolute atomic E-state index is 0.0565. The summed E-state index contributed by atoms with van der Waals surface area (Å²) in [5.41, 5.74) is 1.89. The molecule has 0 saturated carbocycles. The van der Waals surface area contributed by atoms with Crippen LogP contribution in [0.15, 0.2) is 48.5 Å². The second-order valence-corrected chi connectivity index (χ2v) is 5.92.